The Kier molecular flexibility index (Phi) is 19.9. The Balaban J connectivity index is 0.700. The Hall–Kier alpha value is -13.7. The molecule has 19 heteroatoms. The molecule has 0 bridgehead atoms. The molecule has 0 aromatic heterocycles. The van der Waals surface area contributed by atoms with E-state index in [0.717, 1.165) is 22.5 Å². The minimum Gasteiger partial charge on any atom is -0.457 e. The van der Waals surface area contributed by atoms with E-state index in [9.17, 15) is 19.2 Å². The number of hydrogen-bond acceptors (Lipinski definition) is 16. The molecule has 0 aliphatic carbocycles. The van der Waals surface area contributed by atoms with Gasteiger partial charge in [0.1, 0.15) is 80.5 Å². The number of carbonyl (C=O) groups excluding carboxylic acids is 4. The Labute approximate surface area is 570 Å². The molecule has 0 radical (unpaired) electrons. The summed E-state index contributed by atoms with van der Waals surface area (Å²) in [7, 11) is 3.65. The molecule has 12 aromatic carbocycles. The summed E-state index contributed by atoms with van der Waals surface area (Å²) < 4.78 is 43.5. The maximum absolute atomic E-state index is 14.2. The van der Waals surface area contributed by atoms with Gasteiger partial charge in [0, 0.05) is 100 Å². The number of hydrogen-bond donors (Lipinski definition) is 8. The van der Waals surface area contributed by atoms with Crippen LogP contribution in [-0.2, 0) is 6.42 Å². The lowest BCUT2D eigenvalue weighted by molar-refractivity contribution is 0.101. The zero-order chi connectivity index (χ0) is 68.8. The van der Waals surface area contributed by atoms with Crippen LogP contribution in [0.3, 0.4) is 0 Å². The van der Waals surface area contributed by atoms with E-state index in [4.69, 9.17) is 50.4 Å². The lowest BCUT2D eigenvalue weighted by Gasteiger charge is -2.14. The van der Waals surface area contributed by atoms with Crippen LogP contribution < -0.4 is 76.9 Å². The molecule has 0 saturated heterocycles. The van der Waals surface area contributed by atoms with Crippen LogP contribution in [0, 0.1) is 0 Å². The van der Waals surface area contributed by atoms with Gasteiger partial charge in [0.05, 0.1) is 0 Å². The molecule has 0 fully saturated rings. The van der Waals surface area contributed by atoms with Gasteiger partial charge < -0.3 is 76.9 Å². The smallest absolute Gasteiger partial charge is 0.255 e. The fraction of sp³-hybridized carbons (Fsp3) is 0.0500. The van der Waals surface area contributed by atoms with E-state index >= 15 is 0 Å². The molecule has 0 unspecified atom stereocenters. The monoisotopic (exact) mass is 1310 g/mol. The van der Waals surface area contributed by atoms with Gasteiger partial charge in [-0.1, -0.05) is 12.1 Å². The van der Waals surface area contributed by atoms with Crippen molar-refractivity contribution in [2.45, 2.75) is 13.3 Å². The summed E-state index contributed by atoms with van der Waals surface area (Å²) in [5.41, 5.74) is 25.7. The first-order valence-corrected chi connectivity index (χ1v) is 31.2. The first-order chi connectivity index (χ1) is 48.0. The summed E-state index contributed by atoms with van der Waals surface area (Å²) >= 11 is 0. The van der Waals surface area contributed by atoms with E-state index in [0.29, 0.717) is 127 Å². The van der Waals surface area contributed by atoms with Crippen LogP contribution in [-0.4, -0.2) is 37.6 Å². The van der Waals surface area contributed by atoms with E-state index in [1.165, 1.54) is 6.92 Å². The van der Waals surface area contributed by atoms with Crippen LogP contribution >= 0.6 is 0 Å². The predicted octanol–water partition coefficient (Wildman–Crippen LogP) is 18.6. The molecule has 0 aliphatic rings. The molecule has 0 aliphatic heterocycles. The first-order valence-electron chi connectivity index (χ1n) is 31.2. The number of amides is 3. The van der Waals surface area contributed by atoms with Crippen molar-refractivity contribution in [2.24, 2.45) is 0 Å². The minimum atomic E-state index is -0.433. The van der Waals surface area contributed by atoms with Gasteiger partial charge in [-0.25, -0.2) is 0 Å². The molecular weight excluding hydrogens is 1250 g/mol. The molecule has 0 spiro atoms. The Bertz CT molecular complexity index is 4800. The van der Waals surface area contributed by atoms with Gasteiger partial charge >= 0.3 is 0 Å². The maximum atomic E-state index is 14.2. The summed E-state index contributed by atoms with van der Waals surface area (Å²) in [5, 5.41) is 15.1. The third kappa shape index (κ3) is 18.0. The van der Waals surface area contributed by atoms with Crippen LogP contribution in [0.1, 0.15) is 59.5 Å². The first kappa shape index (κ1) is 65.4. The van der Waals surface area contributed by atoms with Crippen molar-refractivity contribution in [3.05, 3.63) is 300 Å². The van der Waals surface area contributed by atoms with Crippen LogP contribution in [0.4, 0.5) is 45.5 Å². The predicted molar refractivity (Wildman–Crippen MR) is 387 cm³/mol. The van der Waals surface area contributed by atoms with Gasteiger partial charge in [-0.05, 0) is 261 Å². The van der Waals surface area contributed by atoms with Crippen LogP contribution in [0.25, 0.3) is 0 Å². The summed E-state index contributed by atoms with van der Waals surface area (Å²) in [6, 6.07) is 76.5. The standard InChI is InChI=1S/C80H66N8O11/c1-49(89)52-37-51(38-71(39-52)93-69-32-18-62(19-33-69)87-79(91)54-40-72(94-64-22-6-56(81)7-23-64)46-73(41-54)95-65-24-8-57(82)9-25-65)36-50-4-12-61(13-5-50)86-78(90)53-43-76(98-68-30-16-60(85-3)17-31-68)48-77(44-53)99-70-34-20-63(21-35-70)88-80(92)55-42-74(96-66-26-10-58(83)11-27-66)47-75(45-55)97-67-28-14-59(84-2)15-29-67/h4-35,37-48,84-85H,36,81-83H2,1-3H3,(H,86,90)(H,87,91)(H,88,92). The largest absolute Gasteiger partial charge is 0.457 e. The van der Waals surface area contributed by atoms with Crippen LogP contribution in [0.5, 0.6) is 80.5 Å². The number of Topliss-reactive ketones (excluding diaryl/α,β-unsaturated/α-hetero) is 1. The average Bonchev–Trinajstić information content (AvgIpc) is 0.868. The minimum absolute atomic E-state index is 0.146. The number of ketones is 1. The van der Waals surface area contributed by atoms with Crippen molar-refractivity contribution >= 4 is 69.0 Å². The van der Waals surface area contributed by atoms with Crippen molar-refractivity contribution in [1.82, 2.24) is 0 Å². The highest BCUT2D eigenvalue weighted by Gasteiger charge is 2.18. The summed E-state index contributed by atoms with van der Waals surface area (Å²) in [6.07, 6.45) is 0.428. The summed E-state index contributed by atoms with van der Waals surface area (Å²) in [4.78, 5) is 54.8. The van der Waals surface area contributed by atoms with Gasteiger partial charge in [0.25, 0.3) is 17.7 Å². The Morgan fingerprint density at radius 1 is 0.263 bits per heavy atom. The molecule has 0 atom stereocenters. The summed E-state index contributed by atoms with van der Waals surface area (Å²) in [6.45, 7) is 1.49. The van der Waals surface area contributed by atoms with Crippen molar-refractivity contribution in [3.63, 3.8) is 0 Å². The lowest BCUT2D eigenvalue weighted by atomic mass is 10.0. The number of benzene rings is 12. The number of nitrogens with one attached hydrogen (secondary N) is 5. The highest BCUT2D eigenvalue weighted by atomic mass is 16.5. The van der Waals surface area contributed by atoms with Gasteiger partial charge in [0.15, 0.2) is 5.78 Å². The zero-order valence-corrected chi connectivity index (χ0v) is 53.8. The fourth-order valence-corrected chi connectivity index (χ4v) is 10.2. The van der Waals surface area contributed by atoms with Gasteiger partial charge in [-0.3, -0.25) is 19.2 Å². The Morgan fingerprint density at radius 2 is 0.495 bits per heavy atom. The van der Waals surface area contributed by atoms with Gasteiger partial charge in [0.2, 0.25) is 0 Å². The quantitative estimate of drug-likeness (QED) is 0.0195. The lowest BCUT2D eigenvalue weighted by Crippen LogP contribution is -2.12. The van der Waals surface area contributed by atoms with Gasteiger partial charge in [-0.2, -0.15) is 0 Å². The highest BCUT2D eigenvalue weighted by molar-refractivity contribution is 6.06. The van der Waals surface area contributed by atoms with E-state index in [-0.39, 0.29) is 22.5 Å². The average molecular weight is 1320 g/mol. The number of carbonyl (C=O) groups is 4. The second-order valence-corrected chi connectivity index (χ2v) is 22.8. The van der Waals surface area contributed by atoms with E-state index in [1.807, 2.05) is 86.9 Å². The molecule has 19 nitrogen and oxygen atoms in total. The van der Waals surface area contributed by atoms with E-state index in [2.05, 4.69) is 26.6 Å². The topological polar surface area (TPSA) is 271 Å². The third-order valence-electron chi connectivity index (χ3n) is 15.2. The number of nitrogen functional groups attached to an aromatic ring is 3. The second-order valence-electron chi connectivity index (χ2n) is 22.8. The number of rotatable bonds is 25. The van der Waals surface area contributed by atoms with Crippen molar-refractivity contribution in [2.75, 3.05) is 57.9 Å². The zero-order valence-electron chi connectivity index (χ0n) is 53.8. The summed E-state index contributed by atoms with van der Waals surface area (Å²) in [5.74, 6) is 4.64. The van der Waals surface area contributed by atoms with Crippen molar-refractivity contribution in [3.8, 4) is 80.5 Å². The number of nitrogens with two attached hydrogens (primary N) is 3. The van der Waals surface area contributed by atoms with E-state index < -0.39 is 17.7 Å². The van der Waals surface area contributed by atoms with Crippen LogP contribution in [0.15, 0.2) is 267 Å². The molecular formula is C80H66N8O11. The molecule has 12 rings (SSSR count). The molecule has 12 aromatic rings. The van der Waals surface area contributed by atoms with Crippen molar-refractivity contribution in [1.29, 1.82) is 0 Å². The molecule has 99 heavy (non-hydrogen) atoms. The molecule has 492 valence electrons. The fourth-order valence-electron chi connectivity index (χ4n) is 10.2. The number of anilines is 8. The normalized spacial score (nSPS) is 10.7. The molecule has 0 saturated carbocycles. The van der Waals surface area contributed by atoms with Crippen LogP contribution in [0.2, 0.25) is 0 Å². The molecule has 3 amide bonds. The maximum Gasteiger partial charge on any atom is 0.255 e. The van der Waals surface area contributed by atoms with E-state index in [1.54, 1.807) is 194 Å². The number of ether oxygens (including phenoxy) is 7. The van der Waals surface area contributed by atoms with Crippen molar-refractivity contribution < 1.29 is 52.3 Å². The Morgan fingerprint density at radius 3 is 0.758 bits per heavy atom. The highest BCUT2D eigenvalue weighted by Crippen LogP contribution is 2.37. The van der Waals surface area contributed by atoms with Gasteiger partial charge in [-0.15, -0.1) is 0 Å². The molecule has 11 N–H and O–H groups in total. The second kappa shape index (κ2) is 30.2. The molecule has 0 heterocycles. The third-order valence-corrected chi connectivity index (χ3v) is 15.2. The SMILES string of the molecule is CNc1ccc(Oc2cc(Oc3ccc(N)cc3)cc(C(=O)Nc3ccc(Oc4cc(Oc5ccc(NC)cc5)cc(C(=O)Nc5ccc(Cc6cc(Oc7ccc(NC(=O)c8cc(Oc9ccc(N)cc9)cc(Oc9ccc(N)cc9)c8)cc7)cc(C(C)=O)c6)cc5)c4)cc3)c2)cc1.